The monoisotopic (exact) mass is 294 g/mol. The summed E-state index contributed by atoms with van der Waals surface area (Å²) in [5.41, 5.74) is 1.03. The number of morpholine rings is 1. The number of likely N-dealkylation sites (N-methyl/N-ethyl adjacent to an activating group) is 1. The molecule has 1 unspecified atom stereocenters. The number of hydrogen-bond donors (Lipinski definition) is 0. The minimum atomic E-state index is 0.0372. The molecule has 1 fully saturated rings. The highest BCUT2D eigenvalue weighted by Gasteiger charge is 2.35. The van der Waals surface area contributed by atoms with Gasteiger partial charge in [-0.1, -0.05) is 20.8 Å². The van der Waals surface area contributed by atoms with E-state index in [-0.39, 0.29) is 17.3 Å². The van der Waals surface area contributed by atoms with Crippen LogP contribution in [0.25, 0.3) is 0 Å². The maximum absolute atomic E-state index is 12.2. The van der Waals surface area contributed by atoms with Crippen LogP contribution in [0.15, 0.2) is 0 Å². The first-order valence-corrected chi connectivity index (χ1v) is 8.17. The minimum absolute atomic E-state index is 0.0372. The molecule has 4 nitrogen and oxygen atoms in total. The van der Waals surface area contributed by atoms with Crippen LogP contribution in [-0.4, -0.2) is 41.9 Å². The Morgan fingerprint density at radius 1 is 1.45 bits per heavy atom. The molecule has 0 amide bonds. The van der Waals surface area contributed by atoms with Gasteiger partial charge in [0.25, 0.3) is 0 Å². The molecule has 20 heavy (non-hydrogen) atoms. The lowest BCUT2D eigenvalue weighted by Crippen LogP contribution is -2.38. The van der Waals surface area contributed by atoms with Crippen molar-refractivity contribution < 1.29 is 9.53 Å². The Bertz CT molecular complexity index is 524. The zero-order chi connectivity index (χ0) is 14.3. The fourth-order valence-electron chi connectivity index (χ4n) is 3.02. The highest BCUT2D eigenvalue weighted by molar-refractivity contribution is 7.14. The summed E-state index contributed by atoms with van der Waals surface area (Å²) in [6.45, 7) is 10.1. The summed E-state index contributed by atoms with van der Waals surface area (Å²) in [7, 11) is 0. The van der Waals surface area contributed by atoms with Crippen LogP contribution in [0.3, 0.4) is 0 Å². The zero-order valence-corrected chi connectivity index (χ0v) is 13.3. The van der Waals surface area contributed by atoms with E-state index in [0.29, 0.717) is 6.42 Å². The van der Waals surface area contributed by atoms with Gasteiger partial charge < -0.3 is 4.74 Å². The number of thiazole rings is 1. The number of ketones is 1. The van der Waals surface area contributed by atoms with Gasteiger partial charge in [0.15, 0.2) is 5.78 Å². The van der Waals surface area contributed by atoms with Crippen molar-refractivity contribution in [3.8, 4) is 0 Å². The predicted molar refractivity (Wildman–Crippen MR) is 79.4 cm³/mol. The fraction of sp³-hybridized carbons (Fsp3) is 0.733. The second-order valence-electron chi connectivity index (χ2n) is 6.52. The largest absolute Gasteiger partial charge is 0.368 e. The minimum Gasteiger partial charge on any atom is -0.368 e. The Morgan fingerprint density at radius 2 is 2.25 bits per heavy atom. The molecule has 110 valence electrons. The van der Waals surface area contributed by atoms with Gasteiger partial charge in [-0.3, -0.25) is 9.69 Å². The fourth-order valence-corrected chi connectivity index (χ4v) is 4.08. The number of nitrogens with zero attached hydrogens (tertiary/aromatic N) is 2. The molecule has 0 saturated carbocycles. The van der Waals surface area contributed by atoms with Crippen LogP contribution in [0.4, 0.5) is 0 Å². The van der Waals surface area contributed by atoms with Crippen LogP contribution in [0.5, 0.6) is 0 Å². The number of carbonyl (C=O) groups is 1. The average Bonchev–Trinajstić information content (AvgIpc) is 2.81. The van der Waals surface area contributed by atoms with Crippen LogP contribution in [0, 0.1) is 5.41 Å². The third-order valence-corrected chi connectivity index (χ3v) is 5.36. The molecular weight excluding hydrogens is 272 g/mol. The van der Waals surface area contributed by atoms with Crippen LogP contribution in [0.1, 0.15) is 53.7 Å². The lowest BCUT2D eigenvalue weighted by molar-refractivity contribution is -0.0283. The van der Waals surface area contributed by atoms with Crippen molar-refractivity contribution in [1.82, 2.24) is 9.88 Å². The Kier molecular flexibility index (Phi) is 3.69. The van der Waals surface area contributed by atoms with Gasteiger partial charge >= 0.3 is 0 Å². The van der Waals surface area contributed by atoms with E-state index in [9.17, 15) is 4.79 Å². The molecule has 0 bridgehead atoms. The molecular formula is C15H22N2O2S. The topological polar surface area (TPSA) is 42.4 Å². The van der Waals surface area contributed by atoms with Crippen molar-refractivity contribution in [3.05, 3.63) is 15.6 Å². The molecule has 1 aromatic heterocycles. The summed E-state index contributed by atoms with van der Waals surface area (Å²) in [6, 6.07) is 0. The molecule has 5 heteroatoms. The van der Waals surface area contributed by atoms with Crippen LogP contribution >= 0.6 is 11.3 Å². The van der Waals surface area contributed by atoms with Gasteiger partial charge in [0.2, 0.25) is 0 Å². The van der Waals surface area contributed by atoms with E-state index < -0.39 is 0 Å². The molecule has 3 rings (SSSR count). The molecule has 1 aliphatic carbocycles. The second-order valence-corrected chi connectivity index (χ2v) is 7.55. The molecule has 0 N–H and O–H groups in total. The van der Waals surface area contributed by atoms with Crippen molar-refractivity contribution in [3.63, 3.8) is 0 Å². The number of aromatic nitrogens is 1. The maximum atomic E-state index is 12.2. The Balaban J connectivity index is 1.85. The number of carbonyl (C=O) groups excluding carboxylic acids is 1. The Morgan fingerprint density at radius 3 is 3.00 bits per heavy atom. The van der Waals surface area contributed by atoms with Gasteiger partial charge in [0.05, 0.1) is 17.2 Å². The smallest absolute Gasteiger partial charge is 0.175 e. The first-order valence-electron chi connectivity index (χ1n) is 7.35. The van der Waals surface area contributed by atoms with Gasteiger partial charge in [0, 0.05) is 19.5 Å². The van der Waals surface area contributed by atoms with Crippen molar-refractivity contribution in [2.45, 2.75) is 39.7 Å². The maximum Gasteiger partial charge on any atom is 0.175 e. The van der Waals surface area contributed by atoms with E-state index in [1.165, 1.54) is 0 Å². The number of ether oxygens (including phenoxy) is 1. The number of Topliss-reactive ketones (excluding diaryl/α,β-unsaturated/α-hetero) is 1. The van der Waals surface area contributed by atoms with E-state index >= 15 is 0 Å². The quantitative estimate of drug-likeness (QED) is 0.841. The van der Waals surface area contributed by atoms with Crippen molar-refractivity contribution in [1.29, 1.82) is 0 Å². The number of rotatable bonds is 2. The first-order chi connectivity index (χ1) is 9.48. The van der Waals surface area contributed by atoms with Gasteiger partial charge in [-0.05, 0) is 18.4 Å². The summed E-state index contributed by atoms with van der Waals surface area (Å²) in [5.74, 6) is 0.253. The second kappa shape index (κ2) is 5.20. The molecule has 1 aromatic rings. The highest BCUT2D eigenvalue weighted by Crippen LogP contribution is 2.39. The first kappa shape index (κ1) is 14.2. The van der Waals surface area contributed by atoms with Crippen LogP contribution < -0.4 is 0 Å². The van der Waals surface area contributed by atoms with Crippen molar-refractivity contribution in [2.75, 3.05) is 26.2 Å². The molecule has 1 aliphatic heterocycles. The summed E-state index contributed by atoms with van der Waals surface area (Å²) < 4.78 is 5.86. The molecule has 2 heterocycles. The number of fused-ring (bicyclic) bond motifs is 1. The third kappa shape index (κ3) is 2.67. The lowest BCUT2D eigenvalue weighted by Gasteiger charge is -2.30. The van der Waals surface area contributed by atoms with E-state index in [1.54, 1.807) is 11.3 Å². The molecule has 0 spiro atoms. The summed E-state index contributed by atoms with van der Waals surface area (Å²) >= 11 is 1.55. The normalized spacial score (nSPS) is 26.6. The Labute approximate surface area is 124 Å². The molecule has 0 aromatic carbocycles. The van der Waals surface area contributed by atoms with Gasteiger partial charge in [0.1, 0.15) is 11.1 Å². The van der Waals surface area contributed by atoms with Crippen LogP contribution in [0.2, 0.25) is 0 Å². The van der Waals surface area contributed by atoms with E-state index in [2.05, 4.69) is 25.7 Å². The standard InChI is InChI=1S/C15H22N2O2S/c1-4-17-5-6-19-12(9-17)14-16-10-7-15(2,3)8-11(18)13(10)20-14/h12H,4-9H2,1-3H3. The lowest BCUT2D eigenvalue weighted by atomic mass is 9.78. The van der Waals surface area contributed by atoms with Gasteiger partial charge in [-0.25, -0.2) is 4.98 Å². The van der Waals surface area contributed by atoms with Crippen molar-refractivity contribution >= 4 is 17.1 Å². The average molecular weight is 294 g/mol. The van der Waals surface area contributed by atoms with E-state index in [4.69, 9.17) is 9.72 Å². The molecule has 1 atom stereocenters. The highest BCUT2D eigenvalue weighted by atomic mass is 32.1. The zero-order valence-electron chi connectivity index (χ0n) is 12.4. The van der Waals surface area contributed by atoms with E-state index in [1.807, 2.05) is 0 Å². The van der Waals surface area contributed by atoms with Crippen molar-refractivity contribution in [2.24, 2.45) is 5.41 Å². The number of hydrogen-bond acceptors (Lipinski definition) is 5. The summed E-state index contributed by atoms with van der Waals surface area (Å²) in [4.78, 5) is 20.2. The van der Waals surface area contributed by atoms with E-state index in [0.717, 1.165) is 48.2 Å². The van der Waals surface area contributed by atoms with Crippen LogP contribution in [-0.2, 0) is 11.2 Å². The Hall–Kier alpha value is -0.780. The SMILES string of the molecule is CCN1CCOC(c2nc3c(s2)C(=O)CC(C)(C)C3)C1. The summed E-state index contributed by atoms with van der Waals surface area (Å²) in [6.07, 6.45) is 1.57. The third-order valence-electron chi connectivity index (χ3n) is 4.13. The predicted octanol–water partition coefficient (Wildman–Crippen LogP) is 2.69. The molecule has 1 saturated heterocycles. The van der Waals surface area contributed by atoms with Gasteiger partial charge in [-0.2, -0.15) is 0 Å². The van der Waals surface area contributed by atoms with Gasteiger partial charge in [-0.15, -0.1) is 11.3 Å². The molecule has 2 aliphatic rings. The molecule has 0 radical (unpaired) electrons. The summed E-state index contributed by atoms with van der Waals surface area (Å²) in [5, 5.41) is 0.985.